The summed E-state index contributed by atoms with van der Waals surface area (Å²) in [6.45, 7) is 1.96. The molecule has 1 N–H and O–H groups in total. The Morgan fingerprint density at radius 2 is 2.25 bits per heavy atom. The Bertz CT molecular complexity index is 741. The molecule has 4 rings (SSSR count). The number of hydrogen-bond donors (Lipinski definition) is 1. The molecule has 1 aromatic heterocycles. The number of carbonyl (C=O) groups excluding carboxylic acids is 1. The molecule has 0 saturated carbocycles. The second kappa shape index (κ2) is 6.61. The SMILES string of the molecule is O=C(NC[C@H]1Cc2ccccc21)c1ccnc(O[C@H]2CCOC2)c1. The number of rotatable bonds is 5. The molecule has 2 aliphatic rings. The standard InChI is InChI=1S/C19H20N2O3/c22-19(21-11-15-9-13-3-1-2-4-17(13)15)14-5-7-20-18(10-14)24-16-6-8-23-12-16/h1-5,7,10,15-16H,6,8-9,11-12H2,(H,21,22)/t15-,16+/m1/s1. The van der Waals surface area contributed by atoms with Crippen LogP contribution in [0.4, 0.5) is 0 Å². The van der Waals surface area contributed by atoms with E-state index >= 15 is 0 Å². The summed E-state index contributed by atoms with van der Waals surface area (Å²) in [5, 5.41) is 3.02. The lowest BCUT2D eigenvalue weighted by molar-refractivity contribution is 0.0948. The topological polar surface area (TPSA) is 60.5 Å². The number of pyridine rings is 1. The highest BCUT2D eigenvalue weighted by molar-refractivity contribution is 5.94. The Morgan fingerprint density at radius 3 is 3.08 bits per heavy atom. The third-order valence-corrected chi connectivity index (χ3v) is 4.64. The molecule has 1 aliphatic carbocycles. The van der Waals surface area contributed by atoms with Gasteiger partial charge in [-0.15, -0.1) is 0 Å². The lowest BCUT2D eigenvalue weighted by atomic mass is 9.77. The number of carbonyl (C=O) groups is 1. The quantitative estimate of drug-likeness (QED) is 0.917. The van der Waals surface area contributed by atoms with E-state index in [4.69, 9.17) is 9.47 Å². The van der Waals surface area contributed by atoms with E-state index in [1.165, 1.54) is 11.1 Å². The summed E-state index contributed by atoms with van der Waals surface area (Å²) in [7, 11) is 0. The number of amides is 1. The van der Waals surface area contributed by atoms with Crippen molar-refractivity contribution in [3.63, 3.8) is 0 Å². The van der Waals surface area contributed by atoms with Gasteiger partial charge in [-0.25, -0.2) is 4.98 Å². The smallest absolute Gasteiger partial charge is 0.251 e. The van der Waals surface area contributed by atoms with Crippen LogP contribution in [0.5, 0.6) is 5.88 Å². The predicted molar refractivity (Wildman–Crippen MR) is 89.3 cm³/mol. The molecular weight excluding hydrogens is 304 g/mol. The van der Waals surface area contributed by atoms with Crippen molar-refractivity contribution in [3.05, 3.63) is 59.3 Å². The Morgan fingerprint density at radius 1 is 1.33 bits per heavy atom. The second-order valence-corrected chi connectivity index (χ2v) is 6.30. The maximum Gasteiger partial charge on any atom is 0.251 e. The van der Waals surface area contributed by atoms with Gasteiger partial charge in [0.25, 0.3) is 5.91 Å². The normalized spacial score (nSPS) is 21.7. The van der Waals surface area contributed by atoms with Gasteiger partial charge < -0.3 is 14.8 Å². The molecule has 1 aromatic carbocycles. The van der Waals surface area contributed by atoms with Crippen molar-refractivity contribution in [1.82, 2.24) is 10.3 Å². The van der Waals surface area contributed by atoms with Crippen LogP contribution >= 0.6 is 0 Å². The number of aromatic nitrogens is 1. The molecule has 2 aromatic rings. The summed E-state index contributed by atoms with van der Waals surface area (Å²) in [6.07, 6.45) is 3.53. The van der Waals surface area contributed by atoms with Crippen molar-refractivity contribution in [3.8, 4) is 5.88 Å². The Kier molecular flexibility index (Phi) is 4.17. The summed E-state index contributed by atoms with van der Waals surface area (Å²) < 4.78 is 11.0. The third-order valence-electron chi connectivity index (χ3n) is 4.64. The minimum atomic E-state index is -0.0886. The van der Waals surface area contributed by atoms with E-state index in [1.807, 2.05) is 6.07 Å². The van der Waals surface area contributed by atoms with Crippen molar-refractivity contribution < 1.29 is 14.3 Å². The molecule has 0 bridgehead atoms. The van der Waals surface area contributed by atoms with E-state index in [2.05, 4.69) is 28.5 Å². The van der Waals surface area contributed by atoms with Crippen LogP contribution in [-0.2, 0) is 11.2 Å². The van der Waals surface area contributed by atoms with Crippen molar-refractivity contribution in [1.29, 1.82) is 0 Å². The first kappa shape index (κ1) is 15.1. The van der Waals surface area contributed by atoms with Crippen molar-refractivity contribution in [2.24, 2.45) is 0 Å². The molecule has 1 amide bonds. The van der Waals surface area contributed by atoms with Gasteiger partial charge >= 0.3 is 0 Å². The fraction of sp³-hybridized carbons (Fsp3) is 0.368. The zero-order chi connectivity index (χ0) is 16.4. The van der Waals surface area contributed by atoms with Gasteiger partial charge in [-0.2, -0.15) is 0 Å². The van der Waals surface area contributed by atoms with Gasteiger partial charge in [0.2, 0.25) is 5.88 Å². The summed E-state index contributed by atoms with van der Waals surface area (Å²) in [6, 6.07) is 11.8. The molecule has 124 valence electrons. The minimum Gasteiger partial charge on any atom is -0.472 e. The number of nitrogens with one attached hydrogen (secondary N) is 1. The van der Waals surface area contributed by atoms with Gasteiger partial charge in [0.05, 0.1) is 13.2 Å². The van der Waals surface area contributed by atoms with Crippen LogP contribution in [0.3, 0.4) is 0 Å². The summed E-state index contributed by atoms with van der Waals surface area (Å²) >= 11 is 0. The van der Waals surface area contributed by atoms with E-state index in [0.29, 0.717) is 37.1 Å². The zero-order valence-corrected chi connectivity index (χ0v) is 13.4. The molecule has 1 fully saturated rings. The van der Waals surface area contributed by atoms with E-state index in [-0.39, 0.29) is 12.0 Å². The summed E-state index contributed by atoms with van der Waals surface area (Å²) in [5.41, 5.74) is 3.31. The van der Waals surface area contributed by atoms with E-state index in [0.717, 1.165) is 12.8 Å². The molecule has 2 heterocycles. The van der Waals surface area contributed by atoms with Gasteiger partial charge in [0, 0.05) is 36.7 Å². The lowest BCUT2D eigenvalue weighted by Gasteiger charge is -2.30. The minimum absolute atomic E-state index is 0.0299. The average Bonchev–Trinajstić information content (AvgIpc) is 3.09. The average molecular weight is 324 g/mol. The number of ether oxygens (including phenoxy) is 2. The van der Waals surface area contributed by atoms with Crippen LogP contribution in [-0.4, -0.2) is 36.8 Å². The highest BCUT2D eigenvalue weighted by Crippen LogP contribution is 2.34. The fourth-order valence-electron chi connectivity index (χ4n) is 3.25. The Labute approximate surface area is 141 Å². The summed E-state index contributed by atoms with van der Waals surface area (Å²) in [5.74, 6) is 0.805. The van der Waals surface area contributed by atoms with Crippen LogP contribution in [0, 0.1) is 0 Å². The van der Waals surface area contributed by atoms with Crippen LogP contribution in [0.25, 0.3) is 0 Å². The molecule has 0 spiro atoms. The second-order valence-electron chi connectivity index (χ2n) is 6.30. The fourth-order valence-corrected chi connectivity index (χ4v) is 3.25. The van der Waals surface area contributed by atoms with Gasteiger partial charge in [-0.3, -0.25) is 4.79 Å². The molecule has 2 atom stereocenters. The predicted octanol–water partition coefficient (Wildman–Crippen LogP) is 2.32. The lowest BCUT2D eigenvalue weighted by Crippen LogP contribution is -2.33. The molecular formula is C19H20N2O3. The van der Waals surface area contributed by atoms with Crippen molar-refractivity contribution >= 4 is 5.91 Å². The first-order valence-corrected chi connectivity index (χ1v) is 8.36. The monoisotopic (exact) mass is 324 g/mol. The molecule has 24 heavy (non-hydrogen) atoms. The van der Waals surface area contributed by atoms with Crippen LogP contribution in [0.1, 0.15) is 33.8 Å². The van der Waals surface area contributed by atoms with Gasteiger partial charge in [0.15, 0.2) is 0 Å². The molecule has 0 radical (unpaired) electrons. The third kappa shape index (κ3) is 3.12. The Hall–Kier alpha value is -2.40. The molecule has 0 unspecified atom stereocenters. The van der Waals surface area contributed by atoms with Gasteiger partial charge in [0.1, 0.15) is 6.10 Å². The molecule has 1 saturated heterocycles. The molecule has 5 nitrogen and oxygen atoms in total. The number of fused-ring (bicyclic) bond motifs is 1. The van der Waals surface area contributed by atoms with E-state index < -0.39 is 0 Å². The van der Waals surface area contributed by atoms with Crippen molar-refractivity contribution in [2.45, 2.75) is 24.9 Å². The van der Waals surface area contributed by atoms with Gasteiger partial charge in [-0.1, -0.05) is 24.3 Å². The highest BCUT2D eigenvalue weighted by Gasteiger charge is 2.25. The number of benzene rings is 1. The highest BCUT2D eigenvalue weighted by atomic mass is 16.5. The Balaban J connectivity index is 1.34. The summed E-state index contributed by atoms with van der Waals surface area (Å²) in [4.78, 5) is 16.6. The van der Waals surface area contributed by atoms with E-state index in [9.17, 15) is 4.79 Å². The zero-order valence-electron chi connectivity index (χ0n) is 13.4. The van der Waals surface area contributed by atoms with Crippen molar-refractivity contribution in [2.75, 3.05) is 19.8 Å². The first-order chi connectivity index (χ1) is 11.8. The van der Waals surface area contributed by atoms with E-state index in [1.54, 1.807) is 18.3 Å². The maximum atomic E-state index is 12.4. The van der Waals surface area contributed by atoms with Crippen LogP contribution in [0.15, 0.2) is 42.6 Å². The molecule has 5 heteroatoms. The number of nitrogens with zero attached hydrogens (tertiary/aromatic N) is 1. The van der Waals surface area contributed by atoms with Crippen LogP contribution in [0.2, 0.25) is 0 Å². The largest absolute Gasteiger partial charge is 0.472 e. The van der Waals surface area contributed by atoms with Crippen LogP contribution < -0.4 is 10.1 Å². The number of hydrogen-bond acceptors (Lipinski definition) is 4. The first-order valence-electron chi connectivity index (χ1n) is 8.36. The molecule has 1 aliphatic heterocycles. The maximum absolute atomic E-state index is 12.4. The van der Waals surface area contributed by atoms with Gasteiger partial charge in [-0.05, 0) is 23.6 Å².